The Labute approximate surface area is 195 Å². The Hall–Kier alpha value is -2.87. The minimum absolute atomic E-state index is 0.174. The number of nitrogens with one attached hydrogen (secondary N) is 1. The highest BCUT2D eigenvalue weighted by atomic mass is 16.5. The van der Waals surface area contributed by atoms with Crippen LogP contribution in [0.25, 0.3) is 22.9 Å². The van der Waals surface area contributed by atoms with Crippen molar-refractivity contribution in [3.63, 3.8) is 0 Å². The van der Waals surface area contributed by atoms with Crippen molar-refractivity contribution in [3.8, 4) is 34.4 Å². The summed E-state index contributed by atoms with van der Waals surface area (Å²) in [5, 5.41) is 8.03. The van der Waals surface area contributed by atoms with Crippen LogP contribution < -0.4 is 14.8 Å². The quantitative estimate of drug-likeness (QED) is 0.626. The van der Waals surface area contributed by atoms with E-state index in [-0.39, 0.29) is 12.1 Å². The average molecular weight is 451 g/mol. The van der Waals surface area contributed by atoms with Crippen LogP contribution in [0.3, 0.4) is 0 Å². The first-order chi connectivity index (χ1) is 16.0. The second kappa shape index (κ2) is 9.17. The van der Waals surface area contributed by atoms with Gasteiger partial charge in [0, 0.05) is 18.3 Å². The zero-order valence-corrected chi connectivity index (χ0v) is 20.0. The Balaban J connectivity index is 1.42. The number of rotatable bonds is 5. The highest BCUT2D eigenvalue weighted by molar-refractivity contribution is 5.69. The van der Waals surface area contributed by atoms with Crippen LogP contribution >= 0.6 is 0 Å². The van der Waals surface area contributed by atoms with Gasteiger partial charge in [0.2, 0.25) is 0 Å². The summed E-state index contributed by atoms with van der Waals surface area (Å²) in [7, 11) is 0. The molecule has 1 saturated heterocycles. The normalized spacial score (nSPS) is 19.2. The van der Waals surface area contributed by atoms with Crippen molar-refractivity contribution in [2.24, 2.45) is 5.92 Å². The number of aryl methyl sites for hydroxylation is 1. The Morgan fingerprint density at radius 1 is 1.12 bits per heavy atom. The molecule has 2 aliphatic heterocycles. The molecule has 4 heterocycles. The van der Waals surface area contributed by atoms with E-state index >= 15 is 0 Å². The van der Waals surface area contributed by atoms with Crippen molar-refractivity contribution in [1.29, 1.82) is 0 Å². The fraction of sp³-hybridized carbons (Fsp3) is 0.560. The monoisotopic (exact) mass is 450 g/mol. The van der Waals surface area contributed by atoms with Crippen LogP contribution in [0.5, 0.6) is 11.5 Å². The molecule has 1 aromatic carbocycles. The smallest absolute Gasteiger partial charge is 0.178 e. The minimum Gasteiger partial charge on any atom is -0.491 e. The lowest BCUT2D eigenvalue weighted by molar-refractivity contribution is 0.141. The fourth-order valence-corrected chi connectivity index (χ4v) is 4.83. The van der Waals surface area contributed by atoms with Gasteiger partial charge >= 0.3 is 0 Å². The summed E-state index contributed by atoms with van der Waals surface area (Å²) in [6.07, 6.45) is 5.80. The summed E-state index contributed by atoms with van der Waals surface area (Å²) in [6, 6.07) is 6.34. The van der Waals surface area contributed by atoms with Gasteiger partial charge in [0.05, 0.1) is 18.2 Å². The molecular weight excluding hydrogens is 416 g/mol. The Morgan fingerprint density at radius 2 is 2.00 bits per heavy atom. The van der Waals surface area contributed by atoms with E-state index in [2.05, 4.69) is 53.0 Å². The molecule has 2 aromatic heterocycles. The van der Waals surface area contributed by atoms with E-state index in [1.807, 2.05) is 23.7 Å². The lowest BCUT2D eigenvalue weighted by atomic mass is 9.95. The van der Waals surface area contributed by atoms with E-state index in [0.717, 1.165) is 66.3 Å². The van der Waals surface area contributed by atoms with Crippen LogP contribution in [0.1, 0.15) is 51.9 Å². The van der Waals surface area contributed by atoms with Crippen LogP contribution in [0, 0.1) is 12.8 Å². The summed E-state index contributed by atoms with van der Waals surface area (Å²) in [4.78, 5) is 9.61. The van der Waals surface area contributed by atoms with E-state index in [4.69, 9.17) is 14.5 Å². The van der Waals surface area contributed by atoms with Crippen LogP contribution in [-0.4, -0.2) is 50.1 Å². The third-order valence-electron chi connectivity index (χ3n) is 6.62. The van der Waals surface area contributed by atoms with Crippen LogP contribution in [-0.2, 0) is 6.54 Å². The number of hydrogen-bond acceptors (Lipinski definition) is 6. The molecule has 1 N–H and O–H groups in total. The van der Waals surface area contributed by atoms with E-state index in [1.165, 1.54) is 12.8 Å². The fourth-order valence-electron chi connectivity index (χ4n) is 4.83. The van der Waals surface area contributed by atoms with Gasteiger partial charge in [-0.25, -0.2) is 14.6 Å². The maximum absolute atomic E-state index is 6.37. The predicted molar refractivity (Wildman–Crippen MR) is 128 cm³/mol. The van der Waals surface area contributed by atoms with Gasteiger partial charge in [-0.15, -0.1) is 0 Å². The molecule has 0 amide bonds. The molecule has 0 saturated carbocycles. The molecule has 2 unspecified atom stereocenters. The van der Waals surface area contributed by atoms with E-state index in [0.29, 0.717) is 12.5 Å². The predicted octanol–water partition coefficient (Wildman–Crippen LogP) is 4.25. The van der Waals surface area contributed by atoms with Gasteiger partial charge in [-0.3, -0.25) is 0 Å². The van der Waals surface area contributed by atoms with Crippen molar-refractivity contribution in [2.75, 3.05) is 19.7 Å². The number of hydrogen-bond donors (Lipinski definition) is 1. The van der Waals surface area contributed by atoms with Crippen LogP contribution in [0.2, 0.25) is 0 Å². The van der Waals surface area contributed by atoms with Gasteiger partial charge in [0.1, 0.15) is 35.4 Å². The number of aromatic nitrogens is 5. The molecule has 0 aliphatic carbocycles. The number of fused-ring (bicyclic) bond motifs is 3. The van der Waals surface area contributed by atoms with Gasteiger partial charge in [-0.2, -0.15) is 5.10 Å². The summed E-state index contributed by atoms with van der Waals surface area (Å²) in [5.41, 5.74) is 1.81. The molecule has 8 heteroatoms. The molecule has 2 aliphatic rings. The van der Waals surface area contributed by atoms with Crippen molar-refractivity contribution in [1.82, 2.24) is 29.6 Å². The third-order valence-corrected chi connectivity index (χ3v) is 6.62. The third kappa shape index (κ3) is 4.49. The molecule has 0 radical (unpaired) electrons. The zero-order chi connectivity index (χ0) is 22.9. The number of benzene rings is 1. The lowest BCUT2D eigenvalue weighted by Gasteiger charge is -2.24. The molecule has 5 rings (SSSR count). The van der Waals surface area contributed by atoms with Crippen molar-refractivity contribution < 1.29 is 9.47 Å². The summed E-state index contributed by atoms with van der Waals surface area (Å²) in [5.74, 6) is 4.70. The topological polar surface area (TPSA) is 79.0 Å². The lowest BCUT2D eigenvalue weighted by Crippen LogP contribution is -2.25. The van der Waals surface area contributed by atoms with Crippen molar-refractivity contribution >= 4 is 0 Å². The first-order valence-corrected chi connectivity index (χ1v) is 12.1. The Morgan fingerprint density at radius 3 is 2.85 bits per heavy atom. The van der Waals surface area contributed by atoms with Crippen molar-refractivity contribution in [2.45, 2.75) is 65.6 Å². The Bertz CT molecular complexity index is 1110. The molecule has 176 valence electrons. The Kier molecular flexibility index (Phi) is 6.10. The average Bonchev–Trinajstić information content (AvgIpc) is 3.20. The minimum atomic E-state index is 0.174. The van der Waals surface area contributed by atoms with Gasteiger partial charge in [-0.05, 0) is 78.1 Å². The number of ether oxygens (including phenoxy) is 2. The maximum atomic E-state index is 6.37. The number of nitrogens with zero attached hydrogens (tertiary/aromatic N) is 5. The standard InChI is InChI=1S/C25H34N6O2/c1-16(2)31-25(27-18(4)29-31)22-15-30-12-13-32-23-14-20(7-8-21(23)24(30)28-22)33-17(3)19-6-5-10-26-11-9-19/h7-8,14-17,19,26H,5-6,9-13H2,1-4H3. The maximum Gasteiger partial charge on any atom is 0.178 e. The van der Waals surface area contributed by atoms with Gasteiger partial charge in [0.25, 0.3) is 0 Å². The molecular formula is C25H34N6O2. The largest absolute Gasteiger partial charge is 0.491 e. The molecule has 0 spiro atoms. The van der Waals surface area contributed by atoms with Crippen LogP contribution in [0.4, 0.5) is 0 Å². The highest BCUT2D eigenvalue weighted by Crippen LogP contribution is 2.37. The van der Waals surface area contributed by atoms with Crippen LogP contribution in [0.15, 0.2) is 24.4 Å². The van der Waals surface area contributed by atoms with Gasteiger partial charge < -0.3 is 19.4 Å². The molecule has 2 atom stereocenters. The first-order valence-electron chi connectivity index (χ1n) is 12.1. The molecule has 0 bridgehead atoms. The molecule has 33 heavy (non-hydrogen) atoms. The molecule has 1 fully saturated rings. The van der Waals surface area contributed by atoms with E-state index < -0.39 is 0 Å². The SMILES string of the molecule is Cc1nc(-c2cn3c(n2)-c2ccc(OC(C)C4CCCNCC4)cc2OCC3)n(C(C)C)n1. The second-order valence-corrected chi connectivity index (χ2v) is 9.43. The highest BCUT2D eigenvalue weighted by Gasteiger charge is 2.24. The van der Waals surface area contributed by atoms with Crippen molar-refractivity contribution in [3.05, 3.63) is 30.2 Å². The second-order valence-electron chi connectivity index (χ2n) is 9.43. The molecule has 8 nitrogen and oxygen atoms in total. The summed E-state index contributed by atoms with van der Waals surface area (Å²) in [6.45, 7) is 11.8. The van der Waals surface area contributed by atoms with Gasteiger partial charge in [-0.1, -0.05) is 0 Å². The molecule has 3 aromatic rings. The first kappa shape index (κ1) is 21.9. The van der Waals surface area contributed by atoms with E-state index in [9.17, 15) is 0 Å². The summed E-state index contributed by atoms with van der Waals surface area (Å²) < 4.78 is 16.6. The number of imidazole rings is 1. The summed E-state index contributed by atoms with van der Waals surface area (Å²) >= 11 is 0. The van der Waals surface area contributed by atoms with Gasteiger partial charge in [0.15, 0.2) is 5.82 Å². The zero-order valence-electron chi connectivity index (χ0n) is 20.0. The van der Waals surface area contributed by atoms with E-state index in [1.54, 1.807) is 0 Å².